The Hall–Kier alpha value is -1.62. The minimum atomic E-state index is -0.375. The number of hydrogen-bond donors (Lipinski definition) is 1. The molecule has 0 amide bonds. The largest absolute Gasteiger partial charge is 0.374 e. The van der Waals surface area contributed by atoms with Crippen LogP contribution in [0.4, 0.5) is 10.1 Å². The molecule has 2 rings (SSSR count). The number of anilines is 1. The Morgan fingerprint density at radius 3 is 3.00 bits per heavy atom. The highest BCUT2D eigenvalue weighted by atomic mass is 35.5. The summed E-state index contributed by atoms with van der Waals surface area (Å²) in [5.74, 6) is 0.367. The van der Waals surface area contributed by atoms with Gasteiger partial charge >= 0.3 is 0 Å². The van der Waals surface area contributed by atoms with Crippen LogP contribution in [0.5, 0.6) is 0 Å². The minimum Gasteiger partial charge on any atom is -0.374 e. The Bertz CT molecular complexity index is 492. The van der Waals surface area contributed by atoms with Crippen molar-refractivity contribution in [2.24, 2.45) is 0 Å². The van der Waals surface area contributed by atoms with Crippen LogP contribution in [0.1, 0.15) is 12.7 Å². The molecule has 0 radical (unpaired) electrons. The molecule has 1 heterocycles. The quantitative estimate of drug-likeness (QED) is 0.912. The van der Waals surface area contributed by atoms with Gasteiger partial charge in [-0.1, -0.05) is 17.7 Å². The molecule has 0 aliphatic rings. The summed E-state index contributed by atoms with van der Waals surface area (Å²) in [5.41, 5.74) is 0.291. The molecule has 0 unspecified atom stereocenters. The van der Waals surface area contributed by atoms with E-state index in [1.807, 2.05) is 6.92 Å². The predicted molar refractivity (Wildman–Crippen MR) is 64.4 cm³/mol. The van der Waals surface area contributed by atoms with Crippen molar-refractivity contribution < 1.29 is 4.39 Å². The number of halogens is 2. The maximum absolute atomic E-state index is 13.5. The average molecular weight is 255 g/mol. The highest BCUT2D eigenvalue weighted by Gasteiger charge is 2.08. The van der Waals surface area contributed by atoms with E-state index in [1.165, 1.54) is 12.4 Å². The first-order valence-corrected chi connectivity index (χ1v) is 5.64. The molecule has 0 atom stereocenters. The first-order valence-electron chi connectivity index (χ1n) is 5.27. The van der Waals surface area contributed by atoms with E-state index in [-0.39, 0.29) is 5.82 Å². The molecule has 17 heavy (non-hydrogen) atoms. The van der Waals surface area contributed by atoms with Gasteiger partial charge in [-0.05, 0) is 19.1 Å². The van der Waals surface area contributed by atoms with Crippen LogP contribution in [-0.2, 0) is 13.1 Å². The molecule has 4 nitrogen and oxygen atoms in total. The van der Waals surface area contributed by atoms with Gasteiger partial charge in [0.25, 0.3) is 0 Å². The molecule has 0 saturated heterocycles. The Kier molecular flexibility index (Phi) is 3.58. The zero-order valence-corrected chi connectivity index (χ0v) is 10.1. The van der Waals surface area contributed by atoms with Gasteiger partial charge in [0.05, 0.1) is 17.3 Å². The number of aryl methyl sites for hydroxylation is 1. The standard InChI is InChI=1S/C11H12ClFN4/c1-2-17-10(15-7-16-17)6-14-11-8(12)4-3-5-9(11)13/h3-5,7,14H,2,6H2,1H3. The van der Waals surface area contributed by atoms with Gasteiger partial charge in [-0.15, -0.1) is 0 Å². The summed E-state index contributed by atoms with van der Waals surface area (Å²) in [5, 5.41) is 7.31. The third-order valence-corrected chi connectivity index (χ3v) is 2.70. The predicted octanol–water partition coefficient (Wildman–Crippen LogP) is 2.70. The Labute approximate surface area is 103 Å². The van der Waals surface area contributed by atoms with Gasteiger partial charge in [-0.25, -0.2) is 14.1 Å². The van der Waals surface area contributed by atoms with Crippen molar-refractivity contribution >= 4 is 17.3 Å². The van der Waals surface area contributed by atoms with Gasteiger partial charge in [0.15, 0.2) is 0 Å². The van der Waals surface area contributed by atoms with E-state index >= 15 is 0 Å². The zero-order valence-electron chi connectivity index (χ0n) is 9.32. The van der Waals surface area contributed by atoms with Gasteiger partial charge in [-0.3, -0.25) is 0 Å². The molecule has 0 fully saturated rings. The van der Waals surface area contributed by atoms with E-state index in [1.54, 1.807) is 16.8 Å². The van der Waals surface area contributed by atoms with E-state index in [0.29, 0.717) is 17.3 Å². The molecule has 1 aromatic carbocycles. The SMILES string of the molecule is CCn1ncnc1CNc1c(F)cccc1Cl. The van der Waals surface area contributed by atoms with Crippen LogP contribution in [0.25, 0.3) is 0 Å². The van der Waals surface area contributed by atoms with Crippen molar-refractivity contribution in [1.82, 2.24) is 14.8 Å². The Morgan fingerprint density at radius 1 is 1.47 bits per heavy atom. The van der Waals surface area contributed by atoms with Crippen LogP contribution in [0, 0.1) is 5.82 Å². The van der Waals surface area contributed by atoms with E-state index in [9.17, 15) is 4.39 Å². The molecule has 0 aliphatic carbocycles. The lowest BCUT2D eigenvalue weighted by molar-refractivity contribution is 0.615. The van der Waals surface area contributed by atoms with Gasteiger partial charge in [0.1, 0.15) is 18.0 Å². The molecular formula is C11H12ClFN4. The number of rotatable bonds is 4. The second-order valence-corrected chi connectivity index (χ2v) is 3.85. The normalized spacial score (nSPS) is 10.5. The lowest BCUT2D eigenvalue weighted by atomic mass is 10.3. The Balaban J connectivity index is 2.13. The first kappa shape index (κ1) is 11.9. The second-order valence-electron chi connectivity index (χ2n) is 3.44. The number of nitrogens with one attached hydrogen (secondary N) is 1. The highest BCUT2D eigenvalue weighted by molar-refractivity contribution is 6.33. The summed E-state index contributed by atoms with van der Waals surface area (Å²) in [6.45, 7) is 3.07. The molecule has 0 spiro atoms. The molecular weight excluding hydrogens is 243 g/mol. The monoisotopic (exact) mass is 254 g/mol. The summed E-state index contributed by atoms with van der Waals surface area (Å²) in [6.07, 6.45) is 1.48. The summed E-state index contributed by atoms with van der Waals surface area (Å²) >= 11 is 5.90. The van der Waals surface area contributed by atoms with Crippen LogP contribution in [0.15, 0.2) is 24.5 Å². The zero-order chi connectivity index (χ0) is 12.3. The number of hydrogen-bond acceptors (Lipinski definition) is 3. The average Bonchev–Trinajstić information content (AvgIpc) is 2.76. The van der Waals surface area contributed by atoms with Gasteiger partial charge < -0.3 is 5.32 Å². The second kappa shape index (κ2) is 5.14. The minimum absolute atomic E-state index is 0.291. The summed E-state index contributed by atoms with van der Waals surface area (Å²) in [4.78, 5) is 4.09. The molecule has 90 valence electrons. The first-order chi connectivity index (χ1) is 8.22. The third kappa shape index (κ3) is 2.55. The van der Waals surface area contributed by atoms with Gasteiger partial charge in [-0.2, -0.15) is 5.10 Å². The number of para-hydroxylation sites is 1. The molecule has 1 aromatic heterocycles. The van der Waals surface area contributed by atoms with Crippen LogP contribution >= 0.6 is 11.6 Å². The van der Waals surface area contributed by atoms with Crippen LogP contribution in [0.2, 0.25) is 5.02 Å². The van der Waals surface area contributed by atoms with Crippen molar-refractivity contribution in [3.8, 4) is 0 Å². The van der Waals surface area contributed by atoms with Crippen molar-refractivity contribution in [2.45, 2.75) is 20.0 Å². The maximum Gasteiger partial charge on any atom is 0.147 e. The maximum atomic E-state index is 13.5. The Morgan fingerprint density at radius 2 is 2.29 bits per heavy atom. The van der Waals surface area contributed by atoms with E-state index in [4.69, 9.17) is 11.6 Å². The highest BCUT2D eigenvalue weighted by Crippen LogP contribution is 2.24. The van der Waals surface area contributed by atoms with Crippen LogP contribution < -0.4 is 5.32 Å². The van der Waals surface area contributed by atoms with Crippen molar-refractivity contribution in [3.63, 3.8) is 0 Å². The van der Waals surface area contributed by atoms with E-state index in [2.05, 4.69) is 15.4 Å². The van der Waals surface area contributed by atoms with Gasteiger partial charge in [0, 0.05) is 6.54 Å². The molecule has 2 aromatic rings. The molecule has 6 heteroatoms. The van der Waals surface area contributed by atoms with E-state index in [0.717, 1.165) is 12.4 Å². The molecule has 0 bridgehead atoms. The molecule has 0 saturated carbocycles. The summed E-state index contributed by atoms with van der Waals surface area (Å²) in [6, 6.07) is 4.56. The van der Waals surface area contributed by atoms with Crippen molar-refractivity contribution in [3.05, 3.63) is 41.2 Å². The topological polar surface area (TPSA) is 42.7 Å². The summed E-state index contributed by atoms with van der Waals surface area (Å²) in [7, 11) is 0. The molecule has 0 aliphatic heterocycles. The summed E-state index contributed by atoms with van der Waals surface area (Å²) < 4.78 is 15.2. The fourth-order valence-corrected chi connectivity index (χ4v) is 1.75. The molecule has 1 N–H and O–H groups in total. The fourth-order valence-electron chi connectivity index (χ4n) is 1.52. The number of aromatic nitrogens is 3. The lowest BCUT2D eigenvalue weighted by Crippen LogP contribution is -2.10. The van der Waals surface area contributed by atoms with Gasteiger partial charge in [0.2, 0.25) is 0 Å². The van der Waals surface area contributed by atoms with Crippen LogP contribution in [-0.4, -0.2) is 14.8 Å². The van der Waals surface area contributed by atoms with E-state index < -0.39 is 0 Å². The van der Waals surface area contributed by atoms with Crippen molar-refractivity contribution in [2.75, 3.05) is 5.32 Å². The van der Waals surface area contributed by atoms with Crippen LogP contribution in [0.3, 0.4) is 0 Å². The number of benzene rings is 1. The smallest absolute Gasteiger partial charge is 0.147 e. The third-order valence-electron chi connectivity index (χ3n) is 2.38. The van der Waals surface area contributed by atoms with Crippen molar-refractivity contribution in [1.29, 1.82) is 0 Å². The number of nitrogens with zero attached hydrogens (tertiary/aromatic N) is 3. The lowest BCUT2D eigenvalue weighted by Gasteiger charge is -2.09. The fraction of sp³-hybridized carbons (Fsp3) is 0.273.